The summed E-state index contributed by atoms with van der Waals surface area (Å²) in [6.45, 7) is 1.60. The number of carbonyl (C=O) groups is 1. The number of aromatic nitrogens is 1. The van der Waals surface area contributed by atoms with Crippen molar-refractivity contribution in [2.75, 3.05) is 0 Å². The Morgan fingerprint density at radius 1 is 1.47 bits per heavy atom. The largest absolute Gasteiger partial charge is 0.346 e. The highest BCUT2D eigenvalue weighted by Gasteiger charge is 2.09. The molecule has 0 aliphatic heterocycles. The van der Waals surface area contributed by atoms with E-state index in [0.29, 0.717) is 6.42 Å². The summed E-state index contributed by atoms with van der Waals surface area (Å²) in [7, 11) is 1.94. The Morgan fingerprint density at radius 3 is 2.80 bits per heavy atom. The molecule has 2 nitrogen and oxygen atoms in total. The SMILES string of the molecule is CC(=O)Cc1cc2cccc(Cl)c2n1C. The van der Waals surface area contributed by atoms with Crippen LogP contribution in [0.5, 0.6) is 0 Å². The number of halogens is 1. The number of para-hydroxylation sites is 1. The highest BCUT2D eigenvalue weighted by Crippen LogP contribution is 2.26. The topological polar surface area (TPSA) is 22.0 Å². The van der Waals surface area contributed by atoms with Gasteiger partial charge < -0.3 is 4.57 Å². The first-order valence-corrected chi connectivity index (χ1v) is 5.19. The zero-order chi connectivity index (χ0) is 11.0. The van der Waals surface area contributed by atoms with Gasteiger partial charge in [0.2, 0.25) is 0 Å². The van der Waals surface area contributed by atoms with Crippen LogP contribution >= 0.6 is 11.6 Å². The smallest absolute Gasteiger partial charge is 0.135 e. The second kappa shape index (κ2) is 3.70. The van der Waals surface area contributed by atoms with Crippen molar-refractivity contribution in [1.82, 2.24) is 4.57 Å². The molecule has 1 heterocycles. The van der Waals surface area contributed by atoms with E-state index in [1.807, 2.05) is 35.9 Å². The number of hydrogen-bond donors (Lipinski definition) is 0. The molecule has 78 valence electrons. The molecule has 0 amide bonds. The lowest BCUT2D eigenvalue weighted by atomic mass is 10.2. The standard InChI is InChI=1S/C12H12ClNO/c1-8(15)6-10-7-9-4-3-5-11(13)12(9)14(10)2/h3-5,7H,6H2,1-2H3. The van der Waals surface area contributed by atoms with Crippen LogP contribution in [0.4, 0.5) is 0 Å². The zero-order valence-corrected chi connectivity index (χ0v) is 9.51. The number of rotatable bonds is 2. The molecule has 2 rings (SSSR count). The van der Waals surface area contributed by atoms with Crippen molar-refractivity contribution in [2.24, 2.45) is 7.05 Å². The van der Waals surface area contributed by atoms with Crippen LogP contribution in [0.2, 0.25) is 5.02 Å². The van der Waals surface area contributed by atoms with E-state index < -0.39 is 0 Å². The molecular formula is C12H12ClNO. The van der Waals surface area contributed by atoms with Crippen molar-refractivity contribution in [3.63, 3.8) is 0 Å². The quantitative estimate of drug-likeness (QED) is 0.764. The normalized spacial score (nSPS) is 10.9. The van der Waals surface area contributed by atoms with Gasteiger partial charge in [-0.25, -0.2) is 0 Å². The van der Waals surface area contributed by atoms with Gasteiger partial charge in [-0.2, -0.15) is 0 Å². The molecule has 0 aliphatic rings. The van der Waals surface area contributed by atoms with E-state index >= 15 is 0 Å². The minimum atomic E-state index is 0.164. The average molecular weight is 222 g/mol. The monoisotopic (exact) mass is 221 g/mol. The van der Waals surface area contributed by atoms with Gasteiger partial charge in [0, 0.05) is 24.5 Å². The molecule has 2 aromatic rings. The van der Waals surface area contributed by atoms with Gasteiger partial charge in [0.05, 0.1) is 10.5 Å². The van der Waals surface area contributed by atoms with Gasteiger partial charge in [0.1, 0.15) is 5.78 Å². The number of carbonyl (C=O) groups excluding carboxylic acids is 1. The Balaban J connectivity index is 2.64. The molecule has 0 spiro atoms. The Kier molecular flexibility index (Phi) is 2.53. The van der Waals surface area contributed by atoms with Crippen LogP contribution in [0.3, 0.4) is 0 Å². The Labute approximate surface area is 93.5 Å². The molecule has 0 radical (unpaired) electrons. The summed E-state index contributed by atoms with van der Waals surface area (Å²) < 4.78 is 1.99. The maximum atomic E-state index is 11.1. The molecule has 0 unspecified atom stereocenters. The number of Topliss-reactive ketones (excluding diaryl/α,β-unsaturated/α-hetero) is 1. The van der Waals surface area contributed by atoms with Crippen LogP contribution in [0.15, 0.2) is 24.3 Å². The van der Waals surface area contributed by atoms with Gasteiger partial charge in [-0.15, -0.1) is 0 Å². The summed E-state index contributed by atoms with van der Waals surface area (Å²) in [5, 5.41) is 1.81. The van der Waals surface area contributed by atoms with Gasteiger partial charge >= 0.3 is 0 Å². The number of ketones is 1. The third kappa shape index (κ3) is 1.77. The van der Waals surface area contributed by atoms with Crippen molar-refractivity contribution in [3.05, 3.63) is 35.0 Å². The van der Waals surface area contributed by atoms with Crippen molar-refractivity contribution in [3.8, 4) is 0 Å². The van der Waals surface area contributed by atoms with E-state index in [0.717, 1.165) is 21.6 Å². The van der Waals surface area contributed by atoms with Crippen molar-refractivity contribution >= 4 is 28.3 Å². The second-order valence-electron chi connectivity index (χ2n) is 3.75. The van der Waals surface area contributed by atoms with Gasteiger partial charge in [-0.1, -0.05) is 23.7 Å². The fraction of sp³-hybridized carbons (Fsp3) is 0.250. The zero-order valence-electron chi connectivity index (χ0n) is 8.75. The predicted octanol–water partition coefficient (Wildman–Crippen LogP) is 2.96. The van der Waals surface area contributed by atoms with E-state index in [-0.39, 0.29) is 5.78 Å². The summed E-state index contributed by atoms with van der Waals surface area (Å²) in [6.07, 6.45) is 0.460. The van der Waals surface area contributed by atoms with Gasteiger partial charge in [-0.3, -0.25) is 4.79 Å². The number of benzene rings is 1. The van der Waals surface area contributed by atoms with Crippen LogP contribution in [0.1, 0.15) is 12.6 Å². The van der Waals surface area contributed by atoms with Gasteiger partial charge in [-0.05, 0) is 19.1 Å². The minimum Gasteiger partial charge on any atom is -0.346 e. The molecule has 0 saturated heterocycles. The van der Waals surface area contributed by atoms with Crippen molar-refractivity contribution in [1.29, 1.82) is 0 Å². The van der Waals surface area contributed by atoms with Crippen LogP contribution in [-0.2, 0) is 18.3 Å². The fourth-order valence-corrected chi connectivity index (χ4v) is 2.16. The van der Waals surface area contributed by atoms with Crippen LogP contribution in [0, 0.1) is 0 Å². The maximum absolute atomic E-state index is 11.1. The molecule has 0 aliphatic carbocycles. The molecule has 0 saturated carbocycles. The van der Waals surface area contributed by atoms with E-state index in [4.69, 9.17) is 11.6 Å². The molecular weight excluding hydrogens is 210 g/mol. The second-order valence-corrected chi connectivity index (χ2v) is 4.16. The number of fused-ring (bicyclic) bond motifs is 1. The molecule has 15 heavy (non-hydrogen) atoms. The Morgan fingerprint density at radius 2 is 2.20 bits per heavy atom. The van der Waals surface area contributed by atoms with Crippen LogP contribution < -0.4 is 0 Å². The highest BCUT2D eigenvalue weighted by molar-refractivity contribution is 6.35. The van der Waals surface area contributed by atoms with Crippen LogP contribution in [-0.4, -0.2) is 10.4 Å². The maximum Gasteiger partial charge on any atom is 0.135 e. The van der Waals surface area contributed by atoms with E-state index in [1.54, 1.807) is 6.92 Å². The lowest BCUT2D eigenvalue weighted by molar-refractivity contribution is -0.116. The summed E-state index contributed by atoms with van der Waals surface area (Å²) in [5.74, 6) is 0.164. The molecule has 0 atom stereocenters. The van der Waals surface area contributed by atoms with E-state index in [2.05, 4.69) is 0 Å². The summed E-state index contributed by atoms with van der Waals surface area (Å²) >= 11 is 6.11. The average Bonchev–Trinajstić information content (AvgIpc) is 2.44. The third-order valence-electron chi connectivity index (χ3n) is 2.54. The number of nitrogens with zero attached hydrogens (tertiary/aromatic N) is 1. The van der Waals surface area contributed by atoms with Gasteiger partial charge in [0.15, 0.2) is 0 Å². The van der Waals surface area contributed by atoms with Crippen molar-refractivity contribution < 1.29 is 4.79 Å². The first-order valence-electron chi connectivity index (χ1n) is 4.82. The first-order chi connectivity index (χ1) is 7.09. The first kappa shape index (κ1) is 10.2. The summed E-state index contributed by atoms with van der Waals surface area (Å²) in [5.41, 5.74) is 2.00. The van der Waals surface area contributed by atoms with Gasteiger partial charge in [0.25, 0.3) is 0 Å². The Bertz CT molecular complexity index is 528. The number of aryl methyl sites for hydroxylation is 1. The van der Waals surface area contributed by atoms with E-state index in [9.17, 15) is 4.79 Å². The lowest BCUT2D eigenvalue weighted by Crippen LogP contribution is -2.02. The Hall–Kier alpha value is -1.28. The van der Waals surface area contributed by atoms with Crippen molar-refractivity contribution in [2.45, 2.75) is 13.3 Å². The highest BCUT2D eigenvalue weighted by atomic mass is 35.5. The minimum absolute atomic E-state index is 0.164. The lowest BCUT2D eigenvalue weighted by Gasteiger charge is -2.02. The summed E-state index contributed by atoms with van der Waals surface area (Å²) in [4.78, 5) is 11.1. The van der Waals surface area contributed by atoms with E-state index in [1.165, 1.54) is 0 Å². The molecule has 0 bridgehead atoms. The predicted molar refractivity (Wildman–Crippen MR) is 62.3 cm³/mol. The van der Waals surface area contributed by atoms with Crippen LogP contribution in [0.25, 0.3) is 10.9 Å². The third-order valence-corrected chi connectivity index (χ3v) is 2.84. The fourth-order valence-electron chi connectivity index (χ4n) is 1.85. The number of hydrogen-bond acceptors (Lipinski definition) is 1. The summed E-state index contributed by atoms with van der Waals surface area (Å²) in [6, 6.07) is 7.80. The molecule has 1 aromatic heterocycles. The molecule has 0 N–H and O–H groups in total. The molecule has 3 heteroatoms. The molecule has 0 fully saturated rings. The molecule has 1 aromatic carbocycles.